The molecule has 0 unspecified atom stereocenters. The van der Waals surface area contributed by atoms with Crippen molar-refractivity contribution in [1.29, 1.82) is 0 Å². The van der Waals surface area contributed by atoms with E-state index in [-0.39, 0.29) is 18.0 Å². The van der Waals surface area contributed by atoms with E-state index in [0.29, 0.717) is 22.0 Å². The van der Waals surface area contributed by atoms with Gasteiger partial charge >= 0.3 is 0 Å². The molecule has 0 aliphatic carbocycles. The number of carbonyl (C=O) groups is 1. The van der Waals surface area contributed by atoms with Gasteiger partial charge in [-0.2, -0.15) is 5.10 Å². The summed E-state index contributed by atoms with van der Waals surface area (Å²) in [6.45, 7) is -0.180. The molecule has 3 aromatic rings. The molecule has 0 aliphatic rings. The van der Waals surface area contributed by atoms with Crippen LogP contribution in [-0.4, -0.2) is 21.9 Å². The lowest BCUT2D eigenvalue weighted by Crippen LogP contribution is -2.29. The van der Waals surface area contributed by atoms with Crippen LogP contribution >= 0.6 is 23.4 Å². The predicted octanol–water partition coefficient (Wildman–Crippen LogP) is 3.92. The Kier molecular flexibility index (Phi) is 5.75. The molecular formula is C19H16ClN3O2S. The quantitative estimate of drug-likeness (QED) is 0.676. The normalized spacial score (nSPS) is 10.5. The van der Waals surface area contributed by atoms with Gasteiger partial charge in [-0.25, -0.2) is 4.68 Å². The molecule has 1 heterocycles. The number of aromatic nitrogens is 2. The van der Waals surface area contributed by atoms with Crippen molar-refractivity contribution in [1.82, 2.24) is 9.78 Å². The zero-order chi connectivity index (χ0) is 18.5. The zero-order valence-corrected chi connectivity index (χ0v) is 15.6. The van der Waals surface area contributed by atoms with Crippen LogP contribution in [-0.2, 0) is 11.3 Å². The molecule has 132 valence electrons. The van der Waals surface area contributed by atoms with E-state index in [9.17, 15) is 9.59 Å². The second-order valence-corrected chi connectivity index (χ2v) is 6.76. The van der Waals surface area contributed by atoms with E-state index in [0.717, 1.165) is 9.58 Å². The number of hydrogen-bond acceptors (Lipinski definition) is 4. The van der Waals surface area contributed by atoms with E-state index in [2.05, 4.69) is 10.4 Å². The SMILES string of the molecule is CSc1cccc(NC(=O)Cn2nc(-c3ccccc3Cl)ccc2=O)c1. The first kappa shape index (κ1) is 18.2. The molecule has 0 radical (unpaired) electrons. The number of nitrogens with one attached hydrogen (secondary N) is 1. The summed E-state index contributed by atoms with van der Waals surface area (Å²) < 4.78 is 1.13. The van der Waals surface area contributed by atoms with Crippen LogP contribution in [0.15, 0.2) is 70.4 Å². The molecule has 7 heteroatoms. The summed E-state index contributed by atoms with van der Waals surface area (Å²) in [7, 11) is 0. The standard InChI is InChI=1S/C19H16ClN3O2S/c1-26-14-6-4-5-13(11-14)21-18(24)12-23-19(25)10-9-17(22-23)15-7-2-3-8-16(15)20/h2-11H,12H2,1H3,(H,21,24). The van der Waals surface area contributed by atoms with Gasteiger partial charge in [0.25, 0.3) is 5.56 Å². The summed E-state index contributed by atoms with van der Waals surface area (Å²) in [4.78, 5) is 25.4. The Hall–Kier alpha value is -2.57. The third-order valence-corrected chi connectivity index (χ3v) is 4.72. The molecule has 0 bridgehead atoms. The molecular weight excluding hydrogens is 370 g/mol. The highest BCUT2D eigenvalue weighted by Gasteiger charge is 2.10. The van der Waals surface area contributed by atoms with Crippen molar-refractivity contribution >= 4 is 35.0 Å². The van der Waals surface area contributed by atoms with Gasteiger partial charge in [0.15, 0.2) is 0 Å². The van der Waals surface area contributed by atoms with Crippen molar-refractivity contribution < 1.29 is 4.79 Å². The molecule has 3 rings (SSSR count). The van der Waals surface area contributed by atoms with Gasteiger partial charge in [0, 0.05) is 22.2 Å². The van der Waals surface area contributed by atoms with E-state index in [4.69, 9.17) is 11.6 Å². The lowest BCUT2D eigenvalue weighted by atomic mass is 10.1. The maximum absolute atomic E-state index is 12.3. The average molecular weight is 386 g/mol. The smallest absolute Gasteiger partial charge is 0.267 e. The van der Waals surface area contributed by atoms with Gasteiger partial charge in [0.1, 0.15) is 6.54 Å². The molecule has 0 saturated carbocycles. The molecule has 5 nitrogen and oxygen atoms in total. The van der Waals surface area contributed by atoms with Crippen LogP contribution in [0.4, 0.5) is 5.69 Å². The lowest BCUT2D eigenvalue weighted by Gasteiger charge is -2.09. The molecule has 0 saturated heterocycles. The number of nitrogens with zero attached hydrogens (tertiary/aromatic N) is 2. The number of carbonyl (C=O) groups excluding carboxylic acids is 1. The van der Waals surface area contributed by atoms with E-state index >= 15 is 0 Å². The Labute approximate surface area is 160 Å². The van der Waals surface area contributed by atoms with Crippen molar-refractivity contribution in [3.8, 4) is 11.3 Å². The summed E-state index contributed by atoms with van der Waals surface area (Å²) in [5, 5.41) is 7.59. The van der Waals surface area contributed by atoms with Crippen LogP contribution < -0.4 is 10.9 Å². The Morgan fingerprint density at radius 3 is 2.73 bits per heavy atom. The van der Waals surface area contributed by atoms with Crippen LogP contribution in [0.3, 0.4) is 0 Å². The van der Waals surface area contributed by atoms with Crippen LogP contribution in [0.2, 0.25) is 5.02 Å². The fraction of sp³-hybridized carbons (Fsp3) is 0.105. The van der Waals surface area contributed by atoms with E-state index in [1.165, 1.54) is 6.07 Å². The minimum absolute atomic E-state index is 0.180. The third-order valence-electron chi connectivity index (χ3n) is 3.66. The van der Waals surface area contributed by atoms with Crippen molar-refractivity contribution in [2.24, 2.45) is 0 Å². The van der Waals surface area contributed by atoms with Gasteiger partial charge in [-0.1, -0.05) is 35.9 Å². The molecule has 1 aromatic heterocycles. The number of rotatable bonds is 5. The van der Waals surface area contributed by atoms with Crippen molar-refractivity contribution in [3.05, 3.63) is 76.0 Å². The third kappa shape index (κ3) is 4.33. The van der Waals surface area contributed by atoms with Gasteiger partial charge in [-0.3, -0.25) is 9.59 Å². The fourth-order valence-electron chi connectivity index (χ4n) is 2.41. The Morgan fingerprint density at radius 1 is 1.15 bits per heavy atom. The second kappa shape index (κ2) is 8.21. The maximum atomic E-state index is 12.3. The molecule has 0 fully saturated rings. The highest BCUT2D eigenvalue weighted by atomic mass is 35.5. The van der Waals surface area contributed by atoms with Crippen LogP contribution in [0.25, 0.3) is 11.3 Å². The van der Waals surface area contributed by atoms with E-state index in [1.54, 1.807) is 30.0 Å². The van der Waals surface area contributed by atoms with Crippen LogP contribution in [0.1, 0.15) is 0 Å². The van der Waals surface area contributed by atoms with E-state index < -0.39 is 0 Å². The first-order chi connectivity index (χ1) is 12.6. The fourth-order valence-corrected chi connectivity index (χ4v) is 3.10. The summed E-state index contributed by atoms with van der Waals surface area (Å²) >= 11 is 7.77. The van der Waals surface area contributed by atoms with E-state index in [1.807, 2.05) is 42.7 Å². The minimum Gasteiger partial charge on any atom is -0.324 e. The molecule has 2 aromatic carbocycles. The topological polar surface area (TPSA) is 64.0 Å². The van der Waals surface area contributed by atoms with Gasteiger partial charge in [0.05, 0.1) is 10.7 Å². The van der Waals surface area contributed by atoms with Crippen molar-refractivity contribution in [2.75, 3.05) is 11.6 Å². The number of benzene rings is 2. The number of halogens is 1. The van der Waals surface area contributed by atoms with Gasteiger partial charge in [0.2, 0.25) is 5.91 Å². The molecule has 0 atom stereocenters. The minimum atomic E-state index is -0.353. The lowest BCUT2D eigenvalue weighted by molar-refractivity contribution is -0.117. The maximum Gasteiger partial charge on any atom is 0.267 e. The summed E-state index contributed by atoms with van der Waals surface area (Å²) in [5.41, 5.74) is 1.56. The Bertz CT molecular complexity index is 1000. The second-order valence-electron chi connectivity index (χ2n) is 5.47. The zero-order valence-electron chi connectivity index (χ0n) is 14.0. The highest BCUT2D eigenvalue weighted by molar-refractivity contribution is 7.98. The van der Waals surface area contributed by atoms with Gasteiger partial charge in [-0.15, -0.1) is 11.8 Å². The number of amides is 1. The summed E-state index contributed by atoms with van der Waals surface area (Å²) in [5.74, 6) is -0.325. The number of anilines is 1. The van der Waals surface area contributed by atoms with Crippen molar-refractivity contribution in [3.63, 3.8) is 0 Å². The van der Waals surface area contributed by atoms with Crippen molar-refractivity contribution in [2.45, 2.75) is 11.4 Å². The van der Waals surface area contributed by atoms with Crippen LogP contribution in [0, 0.1) is 0 Å². The number of thioether (sulfide) groups is 1. The Balaban J connectivity index is 1.81. The molecule has 0 aliphatic heterocycles. The summed E-state index contributed by atoms with van der Waals surface area (Å²) in [6.07, 6.45) is 1.96. The molecule has 1 amide bonds. The Morgan fingerprint density at radius 2 is 1.96 bits per heavy atom. The predicted molar refractivity (Wildman–Crippen MR) is 106 cm³/mol. The average Bonchev–Trinajstić information content (AvgIpc) is 2.64. The molecule has 1 N–H and O–H groups in total. The molecule has 26 heavy (non-hydrogen) atoms. The largest absolute Gasteiger partial charge is 0.324 e. The first-order valence-corrected chi connectivity index (χ1v) is 9.44. The first-order valence-electron chi connectivity index (χ1n) is 7.84. The number of hydrogen-bond donors (Lipinski definition) is 1. The molecule has 0 spiro atoms. The van der Waals surface area contributed by atoms with Gasteiger partial charge in [-0.05, 0) is 36.6 Å². The highest BCUT2D eigenvalue weighted by Crippen LogP contribution is 2.24. The van der Waals surface area contributed by atoms with Crippen LogP contribution in [0.5, 0.6) is 0 Å². The monoisotopic (exact) mass is 385 g/mol. The van der Waals surface area contributed by atoms with Gasteiger partial charge < -0.3 is 5.32 Å². The summed E-state index contributed by atoms with van der Waals surface area (Å²) in [6, 6.07) is 17.7.